The summed E-state index contributed by atoms with van der Waals surface area (Å²) in [6.45, 7) is 3.91. The molecule has 0 unspecified atom stereocenters. The summed E-state index contributed by atoms with van der Waals surface area (Å²) in [7, 11) is 0. The maximum absolute atomic E-state index is 11.7. The highest BCUT2D eigenvalue weighted by Gasteiger charge is 2.10. The van der Waals surface area contributed by atoms with Gasteiger partial charge >= 0.3 is 0 Å². The van der Waals surface area contributed by atoms with Gasteiger partial charge in [0, 0.05) is 18.2 Å². The summed E-state index contributed by atoms with van der Waals surface area (Å²) in [5.41, 5.74) is 1.49. The van der Waals surface area contributed by atoms with Crippen LogP contribution >= 0.6 is 0 Å². The SMILES string of the molecule is CC(C)C(=O)Nc1ccccc1CNC(=O)CC#N. The van der Waals surface area contributed by atoms with Gasteiger partial charge in [0.15, 0.2) is 0 Å². The highest BCUT2D eigenvalue weighted by molar-refractivity contribution is 5.92. The van der Waals surface area contributed by atoms with E-state index in [2.05, 4.69) is 10.6 Å². The minimum Gasteiger partial charge on any atom is -0.351 e. The quantitative estimate of drug-likeness (QED) is 0.846. The Kier molecular flexibility index (Phi) is 5.55. The molecule has 0 fully saturated rings. The van der Waals surface area contributed by atoms with Crippen molar-refractivity contribution in [1.82, 2.24) is 5.32 Å². The zero-order valence-electron chi connectivity index (χ0n) is 11.1. The second-order valence-electron chi connectivity index (χ2n) is 4.41. The minimum absolute atomic E-state index is 0.0733. The first-order valence-electron chi connectivity index (χ1n) is 6.07. The van der Waals surface area contributed by atoms with E-state index in [-0.39, 0.29) is 30.7 Å². The summed E-state index contributed by atoms with van der Waals surface area (Å²) in [6, 6.07) is 9.04. The lowest BCUT2D eigenvalue weighted by Gasteiger charge is -2.12. The number of carbonyl (C=O) groups excluding carboxylic acids is 2. The summed E-state index contributed by atoms with van der Waals surface area (Å²) in [5.74, 6) is -0.510. The van der Waals surface area contributed by atoms with Crippen LogP contribution in [0.15, 0.2) is 24.3 Å². The summed E-state index contributed by atoms with van der Waals surface area (Å²) >= 11 is 0. The van der Waals surface area contributed by atoms with Crippen LogP contribution in [0.2, 0.25) is 0 Å². The number of nitriles is 1. The Labute approximate surface area is 112 Å². The van der Waals surface area contributed by atoms with Crippen molar-refractivity contribution in [2.75, 3.05) is 5.32 Å². The monoisotopic (exact) mass is 259 g/mol. The molecular formula is C14H17N3O2. The van der Waals surface area contributed by atoms with E-state index in [4.69, 9.17) is 5.26 Å². The fraction of sp³-hybridized carbons (Fsp3) is 0.357. The number of para-hydroxylation sites is 1. The molecule has 0 radical (unpaired) electrons. The molecule has 1 aromatic carbocycles. The molecule has 2 amide bonds. The highest BCUT2D eigenvalue weighted by atomic mass is 16.2. The van der Waals surface area contributed by atoms with Crippen LogP contribution in [-0.4, -0.2) is 11.8 Å². The lowest BCUT2D eigenvalue weighted by molar-refractivity contribution is -0.120. The van der Waals surface area contributed by atoms with Gasteiger partial charge < -0.3 is 10.6 Å². The third-order valence-corrected chi connectivity index (χ3v) is 2.52. The molecule has 0 bridgehead atoms. The van der Waals surface area contributed by atoms with Crippen LogP contribution in [0.1, 0.15) is 25.8 Å². The number of nitrogens with one attached hydrogen (secondary N) is 2. The van der Waals surface area contributed by atoms with Crippen LogP contribution in [0, 0.1) is 17.2 Å². The number of carbonyl (C=O) groups is 2. The number of nitrogens with zero attached hydrogens (tertiary/aromatic N) is 1. The summed E-state index contributed by atoms with van der Waals surface area (Å²) < 4.78 is 0. The van der Waals surface area contributed by atoms with Gasteiger partial charge in [-0.2, -0.15) is 5.26 Å². The van der Waals surface area contributed by atoms with E-state index in [1.165, 1.54) is 0 Å². The van der Waals surface area contributed by atoms with Gasteiger partial charge in [0.2, 0.25) is 11.8 Å². The largest absolute Gasteiger partial charge is 0.351 e. The smallest absolute Gasteiger partial charge is 0.234 e. The minimum atomic E-state index is -0.326. The van der Waals surface area contributed by atoms with Gasteiger partial charge in [-0.25, -0.2) is 0 Å². The Morgan fingerprint density at radius 3 is 2.63 bits per heavy atom. The molecule has 0 aliphatic heterocycles. The predicted molar refractivity (Wildman–Crippen MR) is 72.0 cm³/mol. The van der Waals surface area contributed by atoms with Crippen LogP contribution < -0.4 is 10.6 Å². The third-order valence-electron chi connectivity index (χ3n) is 2.52. The third kappa shape index (κ3) is 4.80. The fourth-order valence-corrected chi connectivity index (χ4v) is 1.40. The van der Waals surface area contributed by atoms with E-state index in [0.717, 1.165) is 5.56 Å². The van der Waals surface area contributed by atoms with Crippen molar-refractivity contribution in [1.29, 1.82) is 5.26 Å². The molecule has 0 heterocycles. The molecule has 0 aliphatic rings. The molecule has 5 nitrogen and oxygen atoms in total. The van der Waals surface area contributed by atoms with Crippen LogP contribution in [0.5, 0.6) is 0 Å². The topological polar surface area (TPSA) is 82.0 Å². The van der Waals surface area contributed by atoms with E-state index in [0.29, 0.717) is 5.69 Å². The Hall–Kier alpha value is -2.35. The van der Waals surface area contributed by atoms with Crippen LogP contribution in [0.3, 0.4) is 0 Å². The van der Waals surface area contributed by atoms with Crippen molar-refractivity contribution in [2.45, 2.75) is 26.8 Å². The zero-order chi connectivity index (χ0) is 14.3. The van der Waals surface area contributed by atoms with E-state index in [9.17, 15) is 9.59 Å². The highest BCUT2D eigenvalue weighted by Crippen LogP contribution is 2.15. The van der Waals surface area contributed by atoms with Crippen molar-refractivity contribution < 1.29 is 9.59 Å². The average molecular weight is 259 g/mol. The number of hydrogen-bond donors (Lipinski definition) is 2. The predicted octanol–water partition coefficient (Wildman–Crippen LogP) is 1.81. The zero-order valence-corrected chi connectivity index (χ0v) is 11.1. The molecule has 0 saturated heterocycles. The summed E-state index contributed by atoms with van der Waals surface area (Å²) in [5, 5.41) is 13.8. The molecule has 100 valence electrons. The van der Waals surface area contributed by atoms with Crippen molar-refractivity contribution in [3.63, 3.8) is 0 Å². The number of benzene rings is 1. The van der Waals surface area contributed by atoms with Gasteiger partial charge in [-0.15, -0.1) is 0 Å². The van der Waals surface area contributed by atoms with Crippen molar-refractivity contribution in [2.24, 2.45) is 5.92 Å². The Balaban J connectivity index is 2.71. The Bertz CT molecular complexity index is 504. The number of amides is 2. The van der Waals surface area contributed by atoms with Gasteiger partial charge in [-0.1, -0.05) is 32.0 Å². The van der Waals surface area contributed by atoms with Crippen molar-refractivity contribution in [3.05, 3.63) is 29.8 Å². The molecule has 2 N–H and O–H groups in total. The normalized spacial score (nSPS) is 9.79. The number of hydrogen-bond acceptors (Lipinski definition) is 3. The van der Waals surface area contributed by atoms with E-state index >= 15 is 0 Å². The number of anilines is 1. The molecular weight excluding hydrogens is 242 g/mol. The lowest BCUT2D eigenvalue weighted by Crippen LogP contribution is -2.24. The molecule has 0 saturated carbocycles. The van der Waals surface area contributed by atoms with Crippen molar-refractivity contribution in [3.8, 4) is 6.07 Å². The average Bonchev–Trinajstić information content (AvgIpc) is 2.38. The molecule has 0 spiro atoms. The fourth-order valence-electron chi connectivity index (χ4n) is 1.40. The first-order chi connectivity index (χ1) is 9.04. The van der Waals surface area contributed by atoms with Gasteiger partial charge in [0.05, 0.1) is 6.07 Å². The van der Waals surface area contributed by atoms with E-state index < -0.39 is 0 Å². The Morgan fingerprint density at radius 2 is 2.00 bits per heavy atom. The maximum Gasteiger partial charge on any atom is 0.234 e. The summed E-state index contributed by atoms with van der Waals surface area (Å²) in [4.78, 5) is 22.9. The number of rotatable bonds is 5. The molecule has 19 heavy (non-hydrogen) atoms. The molecule has 0 aliphatic carbocycles. The van der Waals surface area contributed by atoms with Gasteiger partial charge in [0.1, 0.15) is 6.42 Å². The first kappa shape index (κ1) is 14.7. The van der Waals surface area contributed by atoms with Crippen LogP contribution in [0.4, 0.5) is 5.69 Å². The molecule has 0 atom stereocenters. The standard InChI is InChI=1S/C14H17N3O2/c1-10(2)14(19)17-12-6-4-3-5-11(12)9-16-13(18)7-8-15/h3-6,10H,7,9H2,1-2H3,(H,16,18)(H,17,19). The van der Waals surface area contributed by atoms with Gasteiger partial charge in [-0.3, -0.25) is 9.59 Å². The molecule has 1 aromatic rings. The van der Waals surface area contributed by atoms with Crippen LogP contribution in [0.25, 0.3) is 0 Å². The Morgan fingerprint density at radius 1 is 1.32 bits per heavy atom. The summed E-state index contributed by atoms with van der Waals surface area (Å²) in [6.07, 6.45) is -0.166. The first-order valence-corrected chi connectivity index (χ1v) is 6.07. The van der Waals surface area contributed by atoms with E-state index in [1.807, 2.05) is 32.0 Å². The van der Waals surface area contributed by atoms with Crippen LogP contribution in [-0.2, 0) is 16.1 Å². The molecule has 1 rings (SSSR count). The van der Waals surface area contributed by atoms with Gasteiger partial charge in [0.25, 0.3) is 0 Å². The van der Waals surface area contributed by atoms with Gasteiger partial charge in [-0.05, 0) is 11.6 Å². The van der Waals surface area contributed by atoms with Crippen molar-refractivity contribution >= 4 is 17.5 Å². The second kappa shape index (κ2) is 7.17. The second-order valence-corrected chi connectivity index (χ2v) is 4.41. The molecule has 0 aromatic heterocycles. The van der Waals surface area contributed by atoms with E-state index in [1.54, 1.807) is 12.1 Å². The lowest BCUT2D eigenvalue weighted by atomic mass is 10.1. The maximum atomic E-state index is 11.7. The molecule has 5 heteroatoms.